The largest absolute Gasteiger partial charge is 0.343 e. The number of hydrogen-bond donors (Lipinski definition) is 1. The zero-order chi connectivity index (χ0) is 12.8. The van der Waals surface area contributed by atoms with Crippen LogP contribution in [0.4, 0.5) is 0 Å². The van der Waals surface area contributed by atoms with E-state index in [-0.39, 0.29) is 5.91 Å². The second kappa shape index (κ2) is 6.97. The number of nitrogens with zero attached hydrogens (tertiary/aromatic N) is 2. The Bertz CT molecular complexity index is 235. The van der Waals surface area contributed by atoms with Gasteiger partial charge >= 0.3 is 0 Å². The zero-order valence-corrected chi connectivity index (χ0v) is 11.7. The van der Waals surface area contributed by atoms with Gasteiger partial charge in [-0.3, -0.25) is 4.79 Å². The summed E-state index contributed by atoms with van der Waals surface area (Å²) in [6, 6.07) is 1.07. The van der Waals surface area contributed by atoms with Crippen LogP contribution >= 0.6 is 0 Å². The molecule has 0 aromatic heterocycles. The molecule has 4 heteroatoms. The van der Waals surface area contributed by atoms with Gasteiger partial charge in [-0.1, -0.05) is 0 Å². The summed E-state index contributed by atoms with van der Waals surface area (Å²) in [5, 5.41) is 3.02. The van der Waals surface area contributed by atoms with Crippen LogP contribution in [0.3, 0.4) is 0 Å². The molecule has 0 bridgehead atoms. The minimum Gasteiger partial charge on any atom is -0.343 e. The number of carbonyl (C=O) groups excluding carboxylic acids is 1. The molecule has 1 amide bonds. The van der Waals surface area contributed by atoms with E-state index in [1.165, 1.54) is 0 Å². The minimum atomic E-state index is 0.266. The summed E-state index contributed by atoms with van der Waals surface area (Å²) in [6.07, 6.45) is 2.83. The van der Waals surface area contributed by atoms with Crippen molar-refractivity contribution in [3.05, 3.63) is 0 Å². The fourth-order valence-electron chi connectivity index (χ4n) is 2.40. The molecule has 1 N–H and O–H groups in total. The summed E-state index contributed by atoms with van der Waals surface area (Å²) >= 11 is 0. The van der Waals surface area contributed by atoms with Gasteiger partial charge in [0.1, 0.15) is 0 Å². The molecule has 1 aliphatic heterocycles. The van der Waals surface area contributed by atoms with Crippen LogP contribution in [0.1, 0.15) is 33.1 Å². The van der Waals surface area contributed by atoms with Crippen molar-refractivity contribution in [3.8, 4) is 0 Å². The summed E-state index contributed by atoms with van der Waals surface area (Å²) in [4.78, 5) is 16.3. The molecule has 0 spiro atoms. The lowest BCUT2D eigenvalue weighted by Gasteiger charge is -2.38. The van der Waals surface area contributed by atoms with Gasteiger partial charge in [-0.05, 0) is 33.7 Å². The molecule has 1 rings (SSSR count). The predicted molar refractivity (Wildman–Crippen MR) is 71.0 cm³/mol. The molecular weight excluding hydrogens is 214 g/mol. The zero-order valence-electron chi connectivity index (χ0n) is 11.7. The van der Waals surface area contributed by atoms with Crippen LogP contribution in [0, 0.1) is 0 Å². The summed E-state index contributed by atoms with van der Waals surface area (Å²) in [5.74, 6) is 0.266. The van der Waals surface area contributed by atoms with Crippen LogP contribution in [-0.4, -0.2) is 61.5 Å². The molecule has 4 nitrogen and oxygen atoms in total. The van der Waals surface area contributed by atoms with Crippen molar-refractivity contribution in [1.29, 1.82) is 0 Å². The fraction of sp³-hybridized carbons (Fsp3) is 0.923. The molecule has 100 valence electrons. The summed E-state index contributed by atoms with van der Waals surface area (Å²) < 4.78 is 0. The molecule has 0 aliphatic carbocycles. The smallest absolute Gasteiger partial charge is 0.223 e. The molecule has 0 atom stereocenters. The quantitative estimate of drug-likeness (QED) is 0.778. The second-order valence-electron chi connectivity index (χ2n) is 5.22. The molecule has 0 aromatic rings. The number of hydrogen-bond acceptors (Lipinski definition) is 3. The maximum absolute atomic E-state index is 11.9. The van der Waals surface area contributed by atoms with E-state index in [1.807, 2.05) is 19.0 Å². The van der Waals surface area contributed by atoms with Crippen molar-refractivity contribution >= 4 is 5.91 Å². The van der Waals surface area contributed by atoms with Gasteiger partial charge < -0.3 is 15.1 Å². The first kappa shape index (κ1) is 14.5. The van der Waals surface area contributed by atoms with E-state index < -0.39 is 0 Å². The minimum absolute atomic E-state index is 0.266. The van der Waals surface area contributed by atoms with Crippen molar-refractivity contribution in [2.75, 3.05) is 33.7 Å². The molecule has 0 radical (unpaired) electrons. The predicted octanol–water partition coefficient (Wildman–Crippen LogP) is 0.927. The van der Waals surface area contributed by atoms with Gasteiger partial charge in [0, 0.05) is 45.2 Å². The van der Waals surface area contributed by atoms with E-state index in [1.54, 1.807) is 0 Å². The third-order valence-corrected chi connectivity index (χ3v) is 3.76. The van der Waals surface area contributed by atoms with Crippen LogP contribution in [0.2, 0.25) is 0 Å². The number of amides is 1. The average Bonchev–Trinajstić information content (AvgIpc) is 2.35. The highest BCUT2D eigenvalue weighted by atomic mass is 16.2. The summed E-state index contributed by atoms with van der Waals surface area (Å²) in [6.45, 7) is 7.48. The van der Waals surface area contributed by atoms with Crippen molar-refractivity contribution < 1.29 is 4.79 Å². The third kappa shape index (κ3) is 4.28. The Kier molecular flexibility index (Phi) is 5.92. The Balaban J connectivity index is 2.35. The lowest BCUT2D eigenvalue weighted by molar-refractivity contribution is -0.132. The molecule has 1 fully saturated rings. The SMILES string of the molecule is CNCCC(=O)N(C)C1CCN(C(C)C)CC1. The Morgan fingerprint density at radius 3 is 2.47 bits per heavy atom. The highest BCUT2D eigenvalue weighted by Gasteiger charge is 2.25. The number of rotatable bonds is 5. The standard InChI is InChI=1S/C13H27N3O/c1-11(2)16-9-6-12(7-10-16)15(4)13(17)5-8-14-3/h11-12,14H,5-10H2,1-4H3. The summed E-state index contributed by atoms with van der Waals surface area (Å²) in [7, 11) is 3.84. The van der Waals surface area contributed by atoms with Gasteiger partial charge in [-0.15, -0.1) is 0 Å². The van der Waals surface area contributed by atoms with Crippen molar-refractivity contribution in [2.45, 2.75) is 45.2 Å². The molecule has 1 aliphatic rings. The van der Waals surface area contributed by atoms with Gasteiger partial charge in [-0.2, -0.15) is 0 Å². The van der Waals surface area contributed by atoms with Crippen LogP contribution < -0.4 is 5.32 Å². The van der Waals surface area contributed by atoms with E-state index in [4.69, 9.17) is 0 Å². The molecule has 0 saturated carbocycles. The second-order valence-corrected chi connectivity index (χ2v) is 5.22. The topological polar surface area (TPSA) is 35.6 Å². The number of nitrogens with one attached hydrogen (secondary N) is 1. The molecule has 17 heavy (non-hydrogen) atoms. The number of carbonyl (C=O) groups is 1. The van der Waals surface area contributed by atoms with E-state index in [2.05, 4.69) is 24.1 Å². The first-order valence-corrected chi connectivity index (χ1v) is 6.70. The summed E-state index contributed by atoms with van der Waals surface area (Å²) in [5.41, 5.74) is 0. The Labute approximate surface area is 105 Å². The van der Waals surface area contributed by atoms with Gasteiger partial charge in [0.15, 0.2) is 0 Å². The first-order chi connectivity index (χ1) is 8.06. The van der Waals surface area contributed by atoms with E-state index >= 15 is 0 Å². The first-order valence-electron chi connectivity index (χ1n) is 6.70. The van der Waals surface area contributed by atoms with Gasteiger partial charge in [0.2, 0.25) is 5.91 Å². The van der Waals surface area contributed by atoms with E-state index in [9.17, 15) is 4.79 Å². The molecule has 1 saturated heterocycles. The molecule has 1 heterocycles. The van der Waals surface area contributed by atoms with Gasteiger partial charge in [-0.25, -0.2) is 0 Å². The maximum Gasteiger partial charge on any atom is 0.223 e. The molecular formula is C13H27N3O. The van der Waals surface area contributed by atoms with E-state index in [0.717, 1.165) is 32.5 Å². The van der Waals surface area contributed by atoms with Crippen molar-refractivity contribution in [2.24, 2.45) is 0 Å². The molecule has 0 aromatic carbocycles. The fourth-order valence-corrected chi connectivity index (χ4v) is 2.40. The Morgan fingerprint density at radius 1 is 1.41 bits per heavy atom. The number of likely N-dealkylation sites (tertiary alicyclic amines) is 1. The van der Waals surface area contributed by atoms with E-state index in [0.29, 0.717) is 18.5 Å². The van der Waals surface area contributed by atoms with Crippen LogP contribution in [0.5, 0.6) is 0 Å². The highest BCUT2D eigenvalue weighted by molar-refractivity contribution is 5.76. The van der Waals surface area contributed by atoms with Crippen molar-refractivity contribution in [3.63, 3.8) is 0 Å². The normalized spacial score (nSPS) is 18.6. The van der Waals surface area contributed by atoms with Crippen LogP contribution in [0.25, 0.3) is 0 Å². The van der Waals surface area contributed by atoms with Crippen LogP contribution in [-0.2, 0) is 4.79 Å². The van der Waals surface area contributed by atoms with Gasteiger partial charge in [0.05, 0.1) is 0 Å². The monoisotopic (exact) mass is 241 g/mol. The van der Waals surface area contributed by atoms with Crippen LogP contribution in [0.15, 0.2) is 0 Å². The number of piperidine rings is 1. The average molecular weight is 241 g/mol. The Hall–Kier alpha value is -0.610. The highest BCUT2D eigenvalue weighted by Crippen LogP contribution is 2.17. The van der Waals surface area contributed by atoms with Gasteiger partial charge in [0.25, 0.3) is 0 Å². The lowest BCUT2D eigenvalue weighted by Crippen LogP contribution is -2.47. The lowest BCUT2D eigenvalue weighted by atomic mass is 10.0. The third-order valence-electron chi connectivity index (χ3n) is 3.76. The van der Waals surface area contributed by atoms with Crippen molar-refractivity contribution in [1.82, 2.24) is 15.1 Å². The molecule has 0 unspecified atom stereocenters. The Morgan fingerprint density at radius 2 is 2.00 bits per heavy atom. The maximum atomic E-state index is 11.9.